The molecule has 4 nitrogen and oxygen atoms in total. The molecule has 0 radical (unpaired) electrons. The minimum absolute atomic E-state index is 0.389. The molecule has 1 aliphatic heterocycles. The molecule has 2 aromatic rings. The first kappa shape index (κ1) is 13.6. The number of fused-ring (bicyclic) bond motifs is 1. The number of thiophene rings is 1. The summed E-state index contributed by atoms with van der Waals surface area (Å²) in [5.41, 5.74) is 5.87. The average Bonchev–Trinajstić information content (AvgIpc) is 2.78. The molecule has 108 valence electrons. The monoisotopic (exact) mass is 290 g/mol. The number of anilines is 2. The van der Waals surface area contributed by atoms with Crippen molar-refractivity contribution >= 4 is 33.3 Å². The van der Waals surface area contributed by atoms with Gasteiger partial charge < -0.3 is 10.6 Å². The molecule has 0 aromatic carbocycles. The molecule has 3 rings (SSSR count). The Hall–Kier alpha value is -1.36. The van der Waals surface area contributed by atoms with Gasteiger partial charge in [0.25, 0.3) is 0 Å². The summed E-state index contributed by atoms with van der Waals surface area (Å²) in [7, 11) is 0. The topological polar surface area (TPSA) is 55.0 Å². The lowest BCUT2D eigenvalue weighted by atomic mass is 9.87. The third-order valence-electron chi connectivity index (χ3n) is 4.30. The van der Waals surface area contributed by atoms with Crippen LogP contribution in [0.2, 0.25) is 0 Å². The first-order valence-electron chi connectivity index (χ1n) is 7.33. The summed E-state index contributed by atoms with van der Waals surface area (Å²) in [4.78, 5) is 13.5. The van der Waals surface area contributed by atoms with E-state index in [0.29, 0.717) is 5.95 Å². The van der Waals surface area contributed by atoms with Crippen molar-refractivity contribution in [1.29, 1.82) is 0 Å². The zero-order valence-electron chi connectivity index (χ0n) is 12.4. The first-order valence-corrected chi connectivity index (χ1v) is 8.15. The van der Waals surface area contributed by atoms with Crippen LogP contribution in [0, 0.1) is 18.8 Å². The molecule has 0 unspecified atom stereocenters. The normalized spacial score (nSPS) is 17.3. The number of piperidine rings is 1. The van der Waals surface area contributed by atoms with E-state index in [-0.39, 0.29) is 0 Å². The molecule has 1 fully saturated rings. The predicted molar refractivity (Wildman–Crippen MR) is 86.3 cm³/mol. The van der Waals surface area contributed by atoms with Crippen LogP contribution in [-0.2, 0) is 0 Å². The van der Waals surface area contributed by atoms with E-state index >= 15 is 0 Å². The van der Waals surface area contributed by atoms with E-state index in [9.17, 15) is 0 Å². The molecule has 1 aliphatic rings. The first-order chi connectivity index (χ1) is 9.54. The van der Waals surface area contributed by atoms with Gasteiger partial charge in [-0.3, -0.25) is 0 Å². The molecule has 2 N–H and O–H groups in total. The summed E-state index contributed by atoms with van der Waals surface area (Å²) < 4.78 is 0. The fraction of sp³-hybridized carbons (Fsp3) is 0.600. The number of hydrogen-bond acceptors (Lipinski definition) is 5. The highest BCUT2D eigenvalue weighted by molar-refractivity contribution is 7.18. The van der Waals surface area contributed by atoms with Crippen LogP contribution in [0.3, 0.4) is 0 Å². The highest BCUT2D eigenvalue weighted by atomic mass is 32.1. The number of nitrogens with two attached hydrogens (primary N) is 1. The molecule has 0 saturated carbocycles. The Balaban J connectivity index is 1.91. The van der Waals surface area contributed by atoms with Crippen molar-refractivity contribution in [1.82, 2.24) is 9.97 Å². The summed E-state index contributed by atoms with van der Waals surface area (Å²) >= 11 is 1.69. The van der Waals surface area contributed by atoms with Gasteiger partial charge in [-0.15, -0.1) is 11.3 Å². The lowest BCUT2D eigenvalue weighted by molar-refractivity contribution is 0.311. The summed E-state index contributed by atoms with van der Waals surface area (Å²) in [5.74, 6) is 3.03. The average molecular weight is 290 g/mol. The molecule has 3 heterocycles. The molecule has 0 atom stereocenters. The standard InChI is InChI=1S/C15H22N4S/c1-9(2)11-4-6-19(7-5-11)13-12-8-10(3)20-14(12)18-15(16)17-13/h8-9,11H,4-7H2,1-3H3,(H2,16,17,18). The van der Waals surface area contributed by atoms with E-state index in [1.165, 1.54) is 17.7 Å². The van der Waals surface area contributed by atoms with Crippen molar-refractivity contribution < 1.29 is 0 Å². The summed E-state index contributed by atoms with van der Waals surface area (Å²) in [6, 6.07) is 2.18. The van der Waals surface area contributed by atoms with Crippen molar-refractivity contribution in [2.75, 3.05) is 23.7 Å². The van der Waals surface area contributed by atoms with Crippen LogP contribution in [0.1, 0.15) is 31.6 Å². The Morgan fingerprint density at radius 3 is 2.65 bits per heavy atom. The maximum atomic E-state index is 5.87. The Labute approximate surface area is 124 Å². The van der Waals surface area contributed by atoms with E-state index in [1.807, 2.05) is 0 Å². The molecular formula is C15H22N4S. The molecule has 0 amide bonds. The van der Waals surface area contributed by atoms with Crippen LogP contribution in [0.15, 0.2) is 6.07 Å². The van der Waals surface area contributed by atoms with Gasteiger partial charge in [0, 0.05) is 18.0 Å². The van der Waals surface area contributed by atoms with Crippen LogP contribution < -0.4 is 10.6 Å². The van der Waals surface area contributed by atoms with Crippen molar-refractivity contribution in [2.45, 2.75) is 33.6 Å². The Kier molecular flexibility index (Phi) is 3.54. The Bertz CT molecular complexity index is 612. The smallest absolute Gasteiger partial charge is 0.223 e. The second kappa shape index (κ2) is 5.20. The maximum Gasteiger partial charge on any atom is 0.223 e. The van der Waals surface area contributed by atoms with Crippen LogP contribution >= 0.6 is 11.3 Å². The zero-order chi connectivity index (χ0) is 14.3. The molecular weight excluding hydrogens is 268 g/mol. The molecule has 5 heteroatoms. The SMILES string of the molecule is Cc1cc2c(N3CCC(C(C)C)CC3)nc(N)nc2s1. The van der Waals surface area contributed by atoms with Crippen molar-refractivity contribution in [3.8, 4) is 0 Å². The maximum absolute atomic E-state index is 5.87. The largest absolute Gasteiger partial charge is 0.368 e. The van der Waals surface area contributed by atoms with Gasteiger partial charge in [0.05, 0.1) is 5.39 Å². The Morgan fingerprint density at radius 2 is 2.00 bits per heavy atom. The number of nitrogens with zero attached hydrogens (tertiary/aromatic N) is 3. The van der Waals surface area contributed by atoms with Crippen LogP contribution in [0.25, 0.3) is 10.2 Å². The molecule has 1 saturated heterocycles. The third kappa shape index (κ3) is 2.46. The van der Waals surface area contributed by atoms with Gasteiger partial charge in [0.2, 0.25) is 5.95 Å². The Morgan fingerprint density at radius 1 is 1.30 bits per heavy atom. The van der Waals surface area contributed by atoms with Crippen LogP contribution in [0.4, 0.5) is 11.8 Å². The lowest BCUT2D eigenvalue weighted by Gasteiger charge is -2.34. The summed E-state index contributed by atoms with van der Waals surface area (Å²) in [6.07, 6.45) is 2.48. The lowest BCUT2D eigenvalue weighted by Crippen LogP contribution is -2.36. The number of rotatable bonds is 2. The van der Waals surface area contributed by atoms with Crippen LogP contribution in [0.5, 0.6) is 0 Å². The van der Waals surface area contributed by atoms with E-state index in [4.69, 9.17) is 5.73 Å². The van der Waals surface area contributed by atoms with Gasteiger partial charge in [-0.05, 0) is 37.7 Å². The van der Waals surface area contributed by atoms with Gasteiger partial charge in [-0.2, -0.15) is 4.98 Å². The highest BCUT2D eigenvalue weighted by Crippen LogP contribution is 2.34. The van der Waals surface area contributed by atoms with E-state index < -0.39 is 0 Å². The van der Waals surface area contributed by atoms with Gasteiger partial charge in [0.15, 0.2) is 0 Å². The number of aryl methyl sites for hydroxylation is 1. The van der Waals surface area contributed by atoms with Crippen molar-refractivity contribution in [2.24, 2.45) is 11.8 Å². The highest BCUT2D eigenvalue weighted by Gasteiger charge is 2.24. The van der Waals surface area contributed by atoms with E-state index in [0.717, 1.165) is 41.0 Å². The van der Waals surface area contributed by atoms with Gasteiger partial charge >= 0.3 is 0 Å². The van der Waals surface area contributed by atoms with Gasteiger partial charge in [0.1, 0.15) is 10.6 Å². The zero-order valence-corrected chi connectivity index (χ0v) is 13.2. The second-order valence-electron chi connectivity index (χ2n) is 6.05. The third-order valence-corrected chi connectivity index (χ3v) is 5.24. The number of hydrogen-bond donors (Lipinski definition) is 1. The van der Waals surface area contributed by atoms with Crippen molar-refractivity contribution in [3.63, 3.8) is 0 Å². The number of nitrogen functional groups attached to an aromatic ring is 1. The molecule has 2 aromatic heterocycles. The minimum atomic E-state index is 0.389. The minimum Gasteiger partial charge on any atom is -0.368 e. The molecule has 0 spiro atoms. The summed E-state index contributed by atoms with van der Waals surface area (Å²) in [5, 5.41) is 1.16. The number of aromatic nitrogens is 2. The predicted octanol–water partition coefficient (Wildman–Crippen LogP) is 3.45. The van der Waals surface area contributed by atoms with Gasteiger partial charge in [-0.25, -0.2) is 4.98 Å². The van der Waals surface area contributed by atoms with E-state index in [1.54, 1.807) is 11.3 Å². The second-order valence-corrected chi connectivity index (χ2v) is 7.28. The van der Waals surface area contributed by atoms with Gasteiger partial charge in [-0.1, -0.05) is 13.8 Å². The molecule has 0 aliphatic carbocycles. The summed E-state index contributed by atoms with van der Waals surface area (Å²) in [6.45, 7) is 8.90. The van der Waals surface area contributed by atoms with E-state index in [2.05, 4.69) is 41.7 Å². The van der Waals surface area contributed by atoms with Crippen LogP contribution in [-0.4, -0.2) is 23.1 Å². The van der Waals surface area contributed by atoms with Crippen molar-refractivity contribution in [3.05, 3.63) is 10.9 Å². The molecule has 0 bridgehead atoms. The quantitative estimate of drug-likeness (QED) is 0.920. The fourth-order valence-corrected chi connectivity index (χ4v) is 3.94. The fourth-order valence-electron chi connectivity index (χ4n) is 3.06. The molecule has 20 heavy (non-hydrogen) atoms.